The third kappa shape index (κ3) is 2.38. The van der Waals surface area contributed by atoms with Gasteiger partial charge in [-0.05, 0) is 40.2 Å². The molecule has 2 rings (SSSR count). The number of halogens is 1. The van der Waals surface area contributed by atoms with E-state index in [4.69, 9.17) is 4.74 Å². The van der Waals surface area contributed by atoms with Gasteiger partial charge in [-0.1, -0.05) is 0 Å². The highest BCUT2D eigenvalue weighted by Gasteiger charge is 2.14. The molecule has 5 nitrogen and oxygen atoms in total. The Morgan fingerprint density at radius 3 is 2.50 bits per heavy atom. The number of nitrogens with zero attached hydrogens (tertiary/aromatic N) is 2. The van der Waals surface area contributed by atoms with E-state index in [0.29, 0.717) is 4.60 Å². The van der Waals surface area contributed by atoms with Crippen molar-refractivity contribution in [1.82, 2.24) is 9.78 Å². The summed E-state index contributed by atoms with van der Waals surface area (Å²) >= 11 is 3.35. The molecule has 1 aromatic heterocycles. The van der Waals surface area contributed by atoms with Gasteiger partial charge in [0.05, 0.1) is 19.9 Å². The lowest BCUT2D eigenvalue weighted by molar-refractivity contribution is 0.0593. The van der Waals surface area contributed by atoms with Crippen molar-refractivity contribution in [2.45, 2.75) is 0 Å². The van der Waals surface area contributed by atoms with Crippen LogP contribution in [-0.2, 0) is 4.74 Å². The lowest BCUT2D eigenvalue weighted by Crippen LogP contribution is -2.04. The molecule has 0 aliphatic heterocycles. The SMILES string of the molecule is COC(=O)c1cc(Br)n(-c2ccc(OC)cc2)n1. The normalized spacial score (nSPS) is 10.2. The van der Waals surface area contributed by atoms with E-state index in [1.165, 1.54) is 7.11 Å². The Morgan fingerprint density at radius 1 is 1.28 bits per heavy atom. The van der Waals surface area contributed by atoms with Gasteiger partial charge in [-0.15, -0.1) is 0 Å². The molecule has 0 saturated carbocycles. The summed E-state index contributed by atoms with van der Waals surface area (Å²) < 4.78 is 12.0. The van der Waals surface area contributed by atoms with Crippen molar-refractivity contribution in [3.8, 4) is 11.4 Å². The van der Waals surface area contributed by atoms with E-state index in [9.17, 15) is 4.79 Å². The van der Waals surface area contributed by atoms with Crippen LogP contribution >= 0.6 is 15.9 Å². The number of carbonyl (C=O) groups is 1. The second kappa shape index (κ2) is 5.22. The minimum atomic E-state index is -0.469. The topological polar surface area (TPSA) is 53.4 Å². The van der Waals surface area contributed by atoms with Gasteiger partial charge in [0, 0.05) is 6.07 Å². The molecule has 18 heavy (non-hydrogen) atoms. The van der Waals surface area contributed by atoms with Crippen molar-refractivity contribution in [3.05, 3.63) is 40.6 Å². The van der Waals surface area contributed by atoms with E-state index in [2.05, 4.69) is 25.8 Å². The van der Waals surface area contributed by atoms with Crippen LogP contribution in [0, 0.1) is 0 Å². The van der Waals surface area contributed by atoms with Crippen LogP contribution in [0.4, 0.5) is 0 Å². The Morgan fingerprint density at radius 2 is 1.94 bits per heavy atom. The number of hydrogen-bond acceptors (Lipinski definition) is 4. The van der Waals surface area contributed by atoms with E-state index < -0.39 is 5.97 Å². The van der Waals surface area contributed by atoms with Crippen LogP contribution in [-0.4, -0.2) is 30.0 Å². The highest BCUT2D eigenvalue weighted by atomic mass is 79.9. The lowest BCUT2D eigenvalue weighted by Gasteiger charge is -2.04. The Hall–Kier alpha value is -1.82. The number of aromatic nitrogens is 2. The van der Waals surface area contributed by atoms with Gasteiger partial charge < -0.3 is 9.47 Å². The van der Waals surface area contributed by atoms with Crippen LogP contribution in [0.25, 0.3) is 5.69 Å². The number of ether oxygens (including phenoxy) is 2. The molecule has 1 aromatic carbocycles. The molecule has 1 heterocycles. The predicted octanol–water partition coefficient (Wildman–Crippen LogP) is 2.43. The summed E-state index contributed by atoms with van der Waals surface area (Å²) in [6.07, 6.45) is 0. The molecule has 0 saturated heterocycles. The van der Waals surface area contributed by atoms with E-state index in [-0.39, 0.29) is 5.69 Å². The second-order valence-corrected chi connectivity index (χ2v) is 4.27. The van der Waals surface area contributed by atoms with Gasteiger partial charge in [0.1, 0.15) is 10.4 Å². The summed E-state index contributed by atoms with van der Waals surface area (Å²) in [4.78, 5) is 11.4. The first-order valence-electron chi connectivity index (χ1n) is 5.14. The van der Waals surface area contributed by atoms with E-state index in [0.717, 1.165) is 11.4 Å². The van der Waals surface area contributed by atoms with Crippen molar-refractivity contribution in [1.29, 1.82) is 0 Å². The minimum absolute atomic E-state index is 0.250. The summed E-state index contributed by atoms with van der Waals surface area (Å²) in [6.45, 7) is 0. The number of benzene rings is 1. The average molecular weight is 311 g/mol. The Balaban J connectivity index is 2.37. The van der Waals surface area contributed by atoms with Crippen LogP contribution < -0.4 is 4.74 Å². The summed E-state index contributed by atoms with van der Waals surface area (Å²) in [5.41, 5.74) is 1.07. The molecule has 0 amide bonds. The summed E-state index contributed by atoms with van der Waals surface area (Å²) in [7, 11) is 2.93. The van der Waals surface area contributed by atoms with Crippen molar-refractivity contribution >= 4 is 21.9 Å². The van der Waals surface area contributed by atoms with Crippen LogP contribution in [0.15, 0.2) is 34.9 Å². The van der Waals surface area contributed by atoms with E-state index >= 15 is 0 Å². The van der Waals surface area contributed by atoms with Crippen molar-refractivity contribution in [3.63, 3.8) is 0 Å². The second-order valence-electron chi connectivity index (χ2n) is 3.45. The average Bonchev–Trinajstić information content (AvgIpc) is 2.80. The first-order valence-corrected chi connectivity index (χ1v) is 5.93. The van der Waals surface area contributed by atoms with Gasteiger partial charge in [0.2, 0.25) is 0 Å². The molecule has 0 spiro atoms. The number of methoxy groups -OCH3 is 2. The summed E-state index contributed by atoms with van der Waals surface area (Å²) in [5, 5.41) is 4.16. The van der Waals surface area contributed by atoms with Crippen molar-refractivity contribution < 1.29 is 14.3 Å². The highest BCUT2D eigenvalue weighted by Crippen LogP contribution is 2.20. The summed E-state index contributed by atoms with van der Waals surface area (Å²) in [5.74, 6) is 0.290. The molecular weight excluding hydrogens is 300 g/mol. The minimum Gasteiger partial charge on any atom is -0.497 e. The van der Waals surface area contributed by atoms with Crippen molar-refractivity contribution in [2.24, 2.45) is 0 Å². The van der Waals surface area contributed by atoms with Crippen molar-refractivity contribution in [2.75, 3.05) is 14.2 Å². The van der Waals surface area contributed by atoms with Gasteiger partial charge in [0.25, 0.3) is 0 Å². The molecular formula is C12H11BrN2O3. The molecule has 6 heteroatoms. The van der Waals surface area contributed by atoms with Gasteiger partial charge in [-0.2, -0.15) is 5.10 Å². The highest BCUT2D eigenvalue weighted by molar-refractivity contribution is 9.10. The van der Waals surface area contributed by atoms with Gasteiger partial charge in [-0.25, -0.2) is 9.48 Å². The smallest absolute Gasteiger partial charge is 0.358 e. The number of hydrogen-bond donors (Lipinski definition) is 0. The van der Waals surface area contributed by atoms with E-state index in [1.54, 1.807) is 17.9 Å². The van der Waals surface area contributed by atoms with E-state index in [1.807, 2.05) is 24.3 Å². The van der Waals surface area contributed by atoms with Crippen LogP contribution in [0.1, 0.15) is 10.5 Å². The van der Waals surface area contributed by atoms with Gasteiger partial charge in [0.15, 0.2) is 5.69 Å². The predicted molar refractivity (Wildman–Crippen MR) is 69.2 cm³/mol. The first kappa shape index (κ1) is 12.6. The number of carbonyl (C=O) groups excluding carboxylic acids is 1. The molecule has 94 valence electrons. The Labute approximate surface area is 112 Å². The molecule has 0 fully saturated rings. The Kier molecular flexibility index (Phi) is 3.66. The maximum atomic E-state index is 11.4. The third-order valence-corrected chi connectivity index (χ3v) is 2.94. The molecule has 0 unspecified atom stereocenters. The summed E-state index contributed by atoms with van der Waals surface area (Å²) in [6, 6.07) is 8.94. The maximum absolute atomic E-state index is 11.4. The zero-order chi connectivity index (χ0) is 13.1. The third-order valence-electron chi connectivity index (χ3n) is 2.38. The lowest BCUT2D eigenvalue weighted by atomic mass is 10.3. The molecule has 0 bridgehead atoms. The molecule has 0 atom stereocenters. The molecule has 0 aliphatic carbocycles. The zero-order valence-electron chi connectivity index (χ0n) is 9.88. The van der Waals surface area contributed by atoms with Crippen LogP contribution in [0.3, 0.4) is 0 Å². The monoisotopic (exact) mass is 310 g/mol. The van der Waals surface area contributed by atoms with Crippen LogP contribution in [0.2, 0.25) is 0 Å². The molecule has 0 aliphatic rings. The van der Waals surface area contributed by atoms with Gasteiger partial charge >= 0.3 is 5.97 Å². The fourth-order valence-corrected chi connectivity index (χ4v) is 1.97. The first-order chi connectivity index (χ1) is 8.65. The van der Waals surface area contributed by atoms with Gasteiger partial charge in [-0.3, -0.25) is 0 Å². The molecule has 0 radical (unpaired) electrons. The largest absolute Gasteiger partial charge is 0.497 e. The molecule has 2 aromatic rings. The fourth-order valence-electron chi connectivity index (χ4n) is 1.47. The number of esters is 1. The maximum Gasteiger partial charge on any atom is 0.358 e. The van der Waals surface area contributed by atoms with Crippen LogP contribution in [0.5, 0.6) is 5.75 Å². The fraction of sp³-hybridized carbons (Fsp3) is 0.167. The Bertz CT molecular complexity index is 563. The molecule has 0 N–H and O–H groups in total. The standard InChI is InChI=1S/C12H11BrN2O3/c1-17-9-5-3-8(4-6-9)15-11(13)7-10(14-15)12(16)18-2/h3-7H,1-2H3. The number of rotatable bonds is 3. The quantitative estimate of drug-likeness (QED) is 0.817. The zero-order valence-corrected chi connectivity index (χ0v) is 11.5.